The van der Waals surface area contributed by atoms with Gasteiger partial charge in [0.25, 0.3) is 0 Å². The van der Waals surface area contributed by atoms with Crippen LogP contribution < -0.4 is 5.32 Å². The van der Waals surface area contributed by atoms with Crippen LogP contribution in [0.3, 0.4) is 0 Å². The molecule has 0 unspecified atom stereocenters. The standard InChI is InChI=1S/C10H9BrClN3O/c11-8-3-7(1-2-9(8)12)4-13-5-10-14-6-16-15-10/h1-3,6,13H,4-5H2. The van der Waals surface area contributed by atoms with Gasteiger partial charge in [0.15, 0.2) is 5.82 Å². The number of benzene rings is 1. The maximum Gasteiger partial charge on any atom is 0.213 e. The second kappa shape index (κ2) is 5.43. The Morgan fingerprint density at radius 3 is 2.94 bits per heavy atom. The zero-order valence-electron chi connectivity index (χ0n) is 8.28. The van der Waals surface area contributed by atoms with Crippen molar-refractivity contribution in [2.24, 2.45) is 0 Å². The van der Waals surface area contributed by atoms with E-state index in [0.717, 1.165) is 16.6 Å². The molecular formula is C10H9BrClN3O. The lowest BCUT2D eigenvalue weighted by Crippen LogP contribution is -2.13. The highest BCUT2D eigenvalue weighted by Crippen LogP contribution is 2.23. The molecule has 0 aliphatic rings. The maximum absolute atomic E-state index is 5.90. The molecule has 0 amide bonds. The fraction of sp³-hybridized carbons (Fsp3) is 0.200. The fourth-order valence-electron chi connectivity index (χ4n) is 1.24. The minimum atomic E-state index is 0.580. The van der Waals surface area contributed by atoms with E-state index in [1.807, 2.05) is 18.2 Å². The third kappa shape index (κ3) is 3.04. The normalized spacial score (nSPS) is 10.6. The van der Waals surface area contributed by atoms with Crippen molar-refractivity contribution in [1.29, 1.82) is 0 Å². The van der Waals surface area contributed by atoms with Gasteiger partial charge in [-0.1, -0.05) is 22.8 Å². The number of rotatable bonds is 4. The van der Waals surface area contributed by atoms with Gasteiger partial charge in [0.05, 0.1) is 11.6 Å². The van der Waals surface area contributed by atoms with E-state index in [-0.39, 0.29) is 0 Å². The van der Waals surface area contributed by atoms with Gasteiger partial charge >= 0.3 is 0 Å². The van der Waals surface area contributed by atoms with Crippen LogP contribution in [0.5, 0.6) is 0 Å². The lowest BCUT2D eigenvalue weighted by atomic mass is 10.2. The smallest absolute Gasteiger partial charge is 0.213 e. The third-order valence-corrected chi connectivity index (χ3v) is 3.22. The second-order valence-electron chi connectivity index (χ2n) is 3.20. The van der Waals surface area contributed by atoms with Crippen molar-refractivity contribution in [3.8, 4) is 0 Å². The van der Waals surface area contributed by atoms with Crippen LogP contribution >= 0.6 is 27.5 Å². The highest BCUT2D eigenvalue weighted by molar-refractivity contribution is 9.10. The van der Waals surface area contributed by atoms with Crippen LogP contribution in [0.2, 0.25) is 5.02 Å². The molecule has 0 saturated carbocycles. The molecular weight excluding hydrogens is 293 g/mol. The fourth-order valence-corrected chi connectivity index (χ4v) is 1.78. The van der Waals surface area contributed by atoms with Crippen LogP contribution in [0.4, 0.5) is 0 Å². The largest absolute Gasteiger partial charge is 0.343 e. The first kappa shape index (κ1) is 11.6. The van der Waals surface area contributed by atoms with Gasteiger partial charge in [0.2, 0.25) is 6.39 Å². The molecule has 0 bridgehead atoms. The summed E-state index contributed by atoms with van der Waals surface area (Å²) in [5.74, 6) is 0.646. The molecule has 2 rings (SSSR count). The van der Waals surface area contributed by atoms with Crippen molar-refractivity contribution < 1.29 is 4.52 Å². The van der Waals surface area contributed by atoms with Gasteiger partial charge in [0, 0.05) is 11.0 Å². The van der Waals surface area contributed by atoms with Crippen molar-refractivity contribution in [2.75, 3.05) is 0 Å². The summed E-state index contributed by atoms with van der Waals surface area (Å²) >= 11 is 9.27. The average molecular weight is 303 g/mol. The number of aromatic nitrogens is 2. The van der Waals surface area contributed by atoms with E-state index in [2.05, 4.69) is 35.9 Å². The van der Waals surface area contributed by atoms with Gasteiger partial charge in [0.1, 0.15) is 0 Å². The van der Waals surface area contributed by atoms with Crippen molar-refractivity contribution in [2.45, 2.75) is 13.1 Å². The quantitative estimate of drug-likeness (QED) is 0.943. The summed E-state index contributed by atoms with van der Waals surface area (Å²) in [7, 11) is 0. The van der Waals surface area contributed by atoms with Crippen LogP contribution in [0.25, 0.3) is 0 Å². The molecule has 6 heteroatoms. The molecule has 0 radical (unpaired) electrons. The summed E-state index contributed by atoms with van der Waals surface area (Å²) in [6, 6.07) is 5.80. The van der Waals surface area contributed by atoms with E-state index in [9.17, 15) is 0 Å². The topological polar surface area (TPSA) is 51.0 Å². The Labute approximate surface area is 106 Å². The van der Waals surface area contributed by atoms with E-state index in [1.165, 1.54) is 6.39 Å². The molecule has 2 aromatic rings. The molecule has 0 fully saturated rings. The maximum atomic E-state index is 5.90. The molecule has 1 heterocycles. The predicted octanol–water partition coefficient (Wildman–Crippen LogP) is 2.78. The van der Waals surface area contributed by atoms with Crippen molar-refractivity contribution in [3.63, 3.8) is 0 Å². The summed E-state index contributed by atoms with van der Waals surface area (Å²) in [5.41, 5.74) is 1.14. The Morgan fingerprint density at radius 1 is 1.38 bits per heavy atom. The first-order valence-electron chi connectivity index (χ1n) is 4.65. The Morgan fingerprint density at radius 2 is 2.25 bits per heavy atom. The number of halogens is 2. The van der Waals surface area contributed by atoms with E-state index < -0.39 is 0 Å². The second-order valence-corrected chi connectivity index (χ2v) is 4.46. The SMILES string of the molecule is Clc1ccc(CNCc2ncon2)cc1Br. The lowest BCUT2D eigenvalue weighted by Gasteiger charge is -2.03. The van der Waals surface area contributed by atoms with Crippen molar-refractivity contribution in [1.82, 2.24) is 15.5 Å². The van der Waals surface area contributed by atoms with Crippen LogP contribution in [-0.2, 0) is 13.1 Å². The Balaban J connectivity index is 1.87. The zero-order valence-corrected chi connectivity index (χ0v) is 10.6. The first-order valence-corrected chi connectivity index (χ1v) is 5.82. The molecule has 0 atom stereocenters. The molecule has 0 spiro atoms. The molecule has 0 aliphatic heterocycles. The Kier molecular flexibility index (Phi) is 3.93. The van der Waals surface area contributed by atoms with Crippen molar-refractivity contribution in [3.05, 3.63) is 45.5 Å². The highest BCUT2D eigenvalue weighted by atomic mass is 79.9. The minimum absolute atomic E-state index is 0.580. The molecule has 0 saturated heterocycles. The average Bonchev–Trinajstić information content (AvgIpc) is 2.76. The molecule has 84 valence electrons. The summed E-state index contributed by atoms with van der Waals surface area (Å²) in [6.45, 7) is 1.31. The summed E-state index contributed by atoms with van der Waals surface area (Å²) in [6.07, 6.45) is 1.32. The molecule has 1 aromatic heterocycles. The van der Waals surface area contributed by atoms with Crippen LogP contribution in [0, 0.1) is 0 Å². The van der Waals surface area contributed by atoms with Crippen LogP contribution in [0.1, 0.15) is 11.4 Å². The monoisotopic (exact) mass is 301 g/mol. The van der Waals surface area contributed by atoms with Crippen LogP contribution in [0.15, 0.2) is 33.6 Å². The van der Waals surface area contributed by atoms with Crippen LogP contribution in [-0.4, -0.2) is 10.1 Å². The minimum Gasteiger partial charge on any atom is -0.343 e. The van der Waals surface area contributed by atoms with E-state index in [0.29, 0.717) is 17.4 Å². The van der Waals surface area contributed by atoms with Gasteiger partial charge < -0.3 is 9.84 Å². The van der Waals surface area contributed by atoms with E-state index >= 15 is 0 Å². The van der Waals surface area contributed by atoms with Gasteiger partial charge in [-0.15, -0.1) is 0 Å². The molecule has 4 nitrogen and oxygen atoms in total. The van der Waals surface area contributed by atoms with Gasteiger partial charge in [-0.25, -0.2) is 0 Å². The summed E-state index contributed by atoms with van der Waals surface area (Å²) in [4.78, 5) is 3.91. The molecule has 1 N–H and O–H groups in total. The Hall–Kier alpha value is -0.910. The molecule has 0 aliphatic carbocycles. The Bertz CT molecular complexity index is 461. The number of nitrogens with one attached hydrogen (secondary N) is 1. The highest BCUT2D eigenvalue weighted by Gasteiger charge is 2.00. The zero-order chi connectivity index (χ0) is 11.4. The van der Waals surface area contributed by atoms with E-state index in [1.54, 1.807) is 0 Å². The number of hydrogen-bond acceptors (Lipinski definition) is 4. The predicted molar refractivity (Wildman–Crippen MR) is 64.0 cm³/mol. The van der Waals surface area contributed by atoms with Crippen molar-refractivity contribution >= 4 is 27.5 Å². The number of nitrogens with zero attached hydrogens (tertiary/aromatic N) is 2. The molecule has 16 heavy (non-hydrogen) atoms. The van der Waals surface area contributed by atoms with Gasteiger partial charge in [-0.3, -0.25) is 0 Å². The van der Waals surface area contributed by atoms with E-state index in [4.69, 9.17) is 11.6 Å². The third-order valence-electron chi connectivity index (χ3n) is 2.00. The molecule has 1 aromatic carbocycles. The summed E-state index contributed by atoms with van der Waals surface area (Å²) in [5, 5.41) is 7.61. The van der Waals surface area contributed by atoms with Gasteiger partial charge in [-0.2, -0.15) is 4.98 Å². The first-order chi connectivity index (χ1) is 7.75. The number of hydrogen-bond donors (Lipinski definition) is 1. The summed E-state index contributed by atoms with van der Waals surface area (Å²) < 4.78 is 5.52. The lowest BCUT2D eigenvalue weighted by molar-refractivity contribution is 0.407. The van der Waals surface area contributed by atoms with Gasteiger partial charge in [-0.05, 0) is 33.6 Å².